The van der Waals surface area contributed by atoms with Crippen LogP contribution in [0.15, 0.2) is 72.8 Å². The third-order valence-electron chi connectivity index (χ3n) is 9.35. The van der Waals surface area contributed by atoms with Gasteiger partial charge in [0.15, 0.2) is 0 Å². The van der Waals surface area contributed by atoms with Crippen LogP contribution >= 0.6 is 0 Å². The smallest absolute Gasteiger partial charge is 0.339 e. The third kappa shape index (κ3) is 6.98. The van der Waals surface area contributed by atoms with E-state index >= 15 is 0 Å². The zero-order valence-corrected chi connectivity index (χ0v) is 28.5. The van der Waals surface area contributed by atoms with Gasteiger partial charge in [0.2, 0.25) is 0 Å². The third-order valence-corrected chi connectivity index (χ3v) is 9.35. The molecule has 6 nitrogen and oxygen atoms in total. The fourth-order valence-corrected chi connectivity index (χ4v) is 8.32. The molecule has 2 saturated heterocycles. The summed E-state index contributed by atoms with van der Waals surface area (Å²) < 4.78 is 12.6. The second kappa shape index (κ2) is 11.5. The van der Waals surface area contributed by atoms with Gasteiger partial charge in [-0.15, -0.1) is 0 Å². The van der Waals surface area contributed by atoms with Gasteiger partial charge in [-0.3, -0.25) is 0 Å². The molecule has 2 aliphatic rings. The molecule has 4 aromatic carbocycles. The number of hydrogen-bond donors (Lipinski definition) is 2. The summed E-state index contributed by atoms with van der Waals surface area (Å²) in [5.41, 5.74) is 1.53. The van der Waals surface area contributed by atoms with E-state index in [4.69, 9.17) is 9.47 Å². The molecule has 0 saturated carbocycles. The number of carbonyl (C=O) groups excluding carboxylic acids is 2. The van der Waals surface area contributed by atoms with Crippen molar-refractivity contribution in [3.63, 3.8) is 0 Å². The predicted molar refractivity (Wildman–Crippen MR) is 186 cm³/mol. The van der Waals surface area contributed by atoms with Crippen LogP contribution in [-0.4, -0.2) is 46.3 Å². The molecule has 0 radical (unpaired) electrons. The minimum absolute atomic E-state index is 0.175. The van der Waals surface area contributed by atoms with Crippen LogP contribution in [0.4, 0.5) is 0 Å². The van der Waals surface area contributed by atoms with Crippen molar-refractivity contribution in [1.82, 2.24) is 10.6 Å². The van der Waals surface area contributed by atoms with Gasteiger partial charge in [-0.05, 0) is 112 Å². The summed E-state index contributed by atoms with van der Waals surface area (Å²) in [5.74, 6) is -0.762. The number of piperidine rings is 2. The van der Waals surface area contributed by atoms with Crippen LogP contribution in [0.1, 0.15) is 102 Å². The topological polar surface area (TPSA) is 76.7 Å². The lowest BCUT2D eigenvalue weighted by Crippen LogP contribution is -2.59. The molecule has 0 aromatic heterocycles. The number of nitrogens with one attached hydrogen (secondary N) is 2. The van der Waals surface area contributed by atoms with Crippen LogP contribution < -0.4 is 10.6 Å². The number of fused-ring (bicyclic) bond motifs is 2. The minimum Gasteiger partial charge on any atom is -0.459 e. The summed E-state index contributed by atoms with van der Waals surface area (Å²) in [4.78, 5) is 28.4. The highest BCUT2D eigenvalue weighted by atomic mass is 16.5. The van der Waals surface area contributed by atoms with E-state index in [9.17, 15) is 9.59 Å². The van der Waals surface area contributed by atoms with Crippen molar-refractivity contribution in [2.75, 3.05) is 0 Å². The van der Waals surface area contributed by atoms with Crippen molar-refractivity contribution in [2.45, 2.75) is 115 Å². The number of rotatable bonds is 5. The summed E-state index contributed by atoms with van der Waals surface area (Å²) in [5, 5.41) is 11.2. The summed E-state index contributed by atoms with van der Waals surface area (Å²) in [6.45, 7) is 17.2. The number of benzene rings is 4. The van der Waals surface area contributed by atoms with Crippen LogP contribution in [0, 0.1) is 0 Å². The molecule has 2 aliphatic heterocycles. The Morgan fingerprint density at radius 1 is 0.522 bits per heavy atom. The first-order valence-corrected chi connectivity index (χ1v) is 16.5. The Morgan fingerprint density at radius 3 is 1.11 bits per heavy atom. The first kappa shape index (κ1) is 32.2. The van der Waals surface area contributed by atoms with Gasteiger partial charge >= 0.3 is 11.9 Å². The Kier molecular flexibility index (Phi) is 8.05. The lowest BCUT2D eigenvalue weighted by Gasteiger charge is -2.46. The van der Waals surface area contributed by atoms with Gasteiger partial charge < -0.3 is 20.1 Å². The molecule has 0 atom stereocenters. The lowest BCUT2D eigenvalue weighted by molar-refractivity contribution is -0.00778. The van der Waals surface area contributed by atoms with E-state index in [1.165, 1.54) is 0 Å². The molecular formula is C40H48N2O4. The monoisotopic (exact) mass is 620 g/mol. The molecule has 2 heterocycles. The maximum absolute atomic E-state index is 14.2. The van der Waals surface area contributed by atoms with E-state index < -0.39 is 0 Å². The second-order valence-electron chi connectivity index (χ2n) is 16.1. The molecule has 2 N–H and O–H groups in total. The van der Waals surface area contributed by atoms with Crippen LogP contribution in [0.25, 0.3) is 32.7 Å². The molecule has 2 fully saturated rings. The standard InChI is InChI=1S/C40H48N2O4/c1-37(2)21-29(22-38(3,4)41-37)45-35(43)33-19-27-15-11-9-13-25(27)17-31(33)32-18-26-14-10-12-16-28(26)20-34(32)36(44)46-30-23-39(5,6)42-40(7,8)24-30/h9-20,29-30,41-42H,21-24H2,1-8H3. The number of carbonyl (C=O) groups is 2. The lowest BCUT2D eigenvalue weighted by atomic mass is 9.81. The van der Waals surface area contributed by atoms with Crippen LogP contribution in [0.2, 0.25) is 0 Å². The average Bonchev–Trinajstić information content (AvgIpc) is 2.92. The Bertz CT molecular complexity index is 1650. The van der Waals surface area contributed by atoms with Crippen LogP contribution in [0.3, 0.4) is 0 Å². The van der Waals surface area contributed by atoms with Gasteiger partial charge in [0.05, 0.1) is 11.1 Å². The molecule has 0 aliphatic carbocycles. The van der Waals surface area contributed by atoms with Gasteiger partial charge in [-0.1, -0.05) is 48.5 Å². The Hall–Kier alpha value is -3.74. The molecular weight excluding hydrogens is 572 g/mol. The highest BCUT2D eigenvalue weighted by Gasteiger charge is 2.41. The molecule has 0 bridgehead atoms. The van der Waals surface area contributed by atoms with Crippen molar-refractivity contribution in [3.05, 3.63) is 83.9 Å². The van der Waals surface area contributed by atoms with Crippen LogP contribution in [-0.2, 0) is 9.47 Å². The van der Waals surface area contributed by atoms with Crippen molar-refractivity contribution in [1.29, 1.82) is 0 Å². The van der Waals surface area contributed by atoms with Gasteiger partial charge in [-0.2, -0.15) is 0 Å². The normalized spacial score (nSPS) is 20.8. The van der Waals surface area contributed by atoms with E-state index in [1.807, 2.05) is 72.8 Å². The quantitative estimate of drug-likeness (QED) is 0.218. The van der Waals surface area contributed by atoms with E-state index in [-0.39, 0.29) is 46.3 Å². The number of hydrogen-bond acceptors (Lipinski definition) is 6. The summed E-state index contributed by atoms with van der Waals surface area (Å²) in [6, 6.07) is 23.8. The van der Waals surface area contributed by atoms with E-state index in [0.29, 0.717) is 47.9 Å². The fourth-order valence-electron chi connectivity index (χ4n) is 8.32. The maximum atomic E-state index is 14.2. The SMILES string of the molecule is CC1(C)CC(OC(=O)c2cc3ccccc3cc2-c2cc3ccccc3cc2C(=O)OC2CC(C)(C)NC(C)(C)C2)CC(C)(C)N1. The highest BCUT2D eigenvalue weighted by molar-refractivity contribution is 6.09. The Morgan fingerprint density at radius 2 is 0.804 bits per heavy atom. The van der Waals surface area contributed by atoms with E-state index in [0.717, 1.165) is 21.5 Å². The molecule has 6 rings (SSSR count). The molecule has 0 unspecified atom stereocenters. The maximum Gasteiger partial charge on any atom is 0.339 e. The first-order valence-electron chi connectivity index (χ1n) is 16.5. The second-order valence-corrected chi connectivity index (χ2v) is 16.1. The Labute approximate surface area is 273 Å². The molecule has 0 amide bonds. The molecule has 4 aromatic rings. The number of esters is 2. The minimum atomic E-state index is -0.381. The van der Waals surface area contributed by atoms with E-state index in [1.54, 1.807) is 0 Å². The van der Waals surface area contributed by atoms with Gasteiger partial charge in [0.1, 0.15) is 12.2 Å². The molecule has 6 heteroatoms. The van der Waals surface area contributed by atoms with Crippen LogP contribution in [0.5, 0.6) is 0 Å². The zero-order chi connectivity index (χ0) is 33.1. The van der Waals surface area contributed by atoms with Crippen molar-refractivity contribution in [3.8, 4) is 11.1 Å². The average molecular weight is 621 g/mol. The molecule has 242 valence electrons. The summed E-state index contributed by atoms with van der Waals surface area (Å²) in [7, 11) is 0. The number of ether oxygens (including phenoxy) is 2. The summed E-state index contributed by atoms with van der Waals surface area (Å²) >= 11 is 0. The van der Waals surface area contributed by atoms with Crippen molar-refractivity contribution < 1.29 is 19.1 Å². The van der Waals surface area contributed by atoms with E-state index in [2.05, 4.69) is 66.0 Å². The van der Waals surface area contributed by atoms with Gasteiger partial charge in [0, 0.05) is 47.8 Å². The first-order chi connectivity index (χ1) is 21.5. The van der Waals surface area contributed by atoms with Crippen molar-refractivity contribution in [2.24, 2.45) is 0 Å². The predicted octanol–water partition coefficient (Wildman–Crippen LogP) is 8.59. The Balaban J connectivity index is 1.45. The molecule has 46 heavy (non-hydrogen) atoms. The van der Waals surface area contributed by atoms with Gasteiger partial charge in [0.25, 0.3) is 0 Å². The highest BCUT2D eigenvalue weighted by Crippen LogP contribution is 2.38. The molecule has 0 spiro atoms. The van der Waals surface area contributed by atoms with Crippen molar-refractivity contribution >= 4 is 33.5 Å². The zero-order valence-electron chi connectivity index (χ0n) is 28.5. The fraction of sp³-hybridized carbons (Fsp3) is 0.450. The summed E-state index contributed by atoms with van der Waals surface area (Å²) in [6.07, 6.45) is 2.35. The van der Waals surface area contributed by atoms with Gasteiger partial charge in [-0.25, -0.2) is 9.59 Å². The largest absolute Gasteiger partial charge is 0.459 e.